The van der Waals surface area contributed by atoms with Crippen LogP contribution in [0.2, 0.25) is 0 Å². The van der Waals surface area contributed by atoms with Gasteiger partial charge in [0.25, 0.3) is 0 Å². The summed E-state index contributed by atoms with van der Waals surface area (Å²) in [5.74, 6) is 0.901. The van der Waals surface area contributed by atoms with Gasteiger partial charge in [-0.25, -0.2) is 0 Å². The Kier molecular flexibility index (Phi) is 4.81. The highest BCUT2D eigenvalue weighted by atomic mass is 32.1. The Hall–Kier alpha value is -0.540. The first-order chi connectivity index (χ1) is 7.43. The van der Waals surface area contributed by atoms with Crippen LogP contribution in [0.3, 0.4) is 0 Å². The van der Waals surface area contributed by atoms with Crippen LogP contribution in [0.4, 0.5) is 0 Å². The smallest absolute Gasteiger partial charge is 0.0547 e. The molecule has 1 rings (SSSR count). The van der Waals surface area contributed by atoms with Crippen molar-refractivity contribution in [2.45, 2.75) is 27.3 Å². The molecule has 1 aromatic rings. The second-order valence-corrected chi connectivity index (χ2v) is 5.58. The van der Waals surface area contributed by atoms with Crippen LogP contribution in [0.1, 0.15) is 25.2 Å². The standard InChI is InChI=1S/C13H22N2S/c1-11-6-5-7-12(14-11)8-15(4)9-13(2,3)10-16/h5-7,16H,8-10H2,1-4H3. The Labute approximate surface area is 104 Å². The van der Waals surface area contributed by atoms with E-state index < -0.39 is 0 Å². The molecule has 0 fully saturated rings. The highest BCUT2D eigenvalue weighted by Gasteiger charge is 2.18. The number of rotatable bonds is 5. The molecule has 90 valence electrons. The average Bonchev–Trinajstić information content (AvgIpc) is 2.16. The summed E-state index contributed by atoms with van der Waals surface area (Å²) in [5, 5.41) is 0. The lowest BCUT2D eigenvalue weighted by Crippen LogP contribution is -2.32. The zero-order valence-electron chi connectivity index (χ0n) is 10.7. The van der Waals surface area contributed by atoms with E-state index in [2.05, 4.69) is 55.5 Å². The fourth-order valence-corrected chi connectivity index (χ4v) is 1.90. The van der Waals surface area contributed by atoms with Gasteiger partial charge in [0, 0.05) is 18.8 Å². The van der Waals surface area contributed by atoms with Crippen LogP contribution in [-0.2, 0) is 6.54 Å². The zero-order chi connectivity index (χ0) is 12.2. The fraction of sp³-hybridized carbons (Fsp3) is 0.615. The third-order valence-corrected chi connectivity index (χ3v) is 3.36. The highest BCUT2D eigenvalue weighted by molar-refractivity contribution is 7.80. The summed E-state index contributed by atoms with van der Waals surface area (Å²) in [6, 6.07) is 6.17. The summed E-state index contributed by atoms with van der Waals surface area (Å²) >= 11 is 4.38. The first-order valence-electron chi connectivity index (χ1n) is 5.65. The number of aromatic nitrogens is 1. The van der Waals surface area contributed by atoms with E-state index in [1.165, 1.54) is 0 Å². The van der Waals surface area contributed by atoms with Crippen molar-refractivity contribution in [3.05, 3.63) is 29.6 Å². The maximum absolute atomic E-state index is 4.51. The van der Waals surface area contributed by atoms with E-state index in [-0.39, 0.29) is 5.41 Å². The summed E-state index contributed by atoms with van der Waals surface area (Å²) in [6.07, 6.45) is 0. The van der Waals surface area contributed by atoms with Crippen molar-refractivity contribution >= 4 is 12.6 Å². The van der Waals surface area contributed by atoms with Gasteiger partial charge in [0.15, 0.2) is 0 Å². The maximum atomic E-state index is 4.51. The van der Waals surface area contributed by atoms with Gasteiger partial charge in [-0.1, -0.05) is 19.9 Å². The van der Waals surface area contributed by atoms with E-state index in [1.54, 1.807) is 0 Å². The van der Waals surface area contributed by atoms with Gasteiger partial charge in [0.05, 0.1) is 5.69 Å². The van der Waals surface area contributed by atoms with E-state index in [0.29, 0.717) is 0 Å². The molecule has 0 N–H and O–H groups in total. The predicted molar refractivity (Wildman–Crippen MR) is 72.9 cm³/mol. The molecule has 0 saturated carbocycles. The molecule has 2 nitrogen and oxygen atoms in total. The second kappa shape index (κ2) is 5.69. The summed E-state index contributed by atoms with van der Waals surface area (Å²) in [7, 11) is 2.13. The van der Waals surface area contributed by atoms with E-state index in [1.807, 2.05) is 13.0 Å². The molecule has 0 radical (unpaired) electrons. The number of hydrogen-bond donors (Lipinski definition) is 1. The van der Waals surface area contributed by atoms with Gasteiger partial charge in [-0.3, -0.25) is 9.88 Å². The van der Waals surface area contributed by atoms with Gasteiger partial charge in [0.2, 0.25) is 0 Å². The molecule has 0 saturated heterocycles. The highest BCUT2D eigenvalue weighted by Crippen LogP contribution is 2.18. The Bertz CT molecular complexity index is 336. The minimum absolute atomic E-state index is 0.252. The van der Waals surface area contributed by atoms with E-state index in [0.717, 1.165) is 30.2 Å². The topological polar surface area (TPSA) is 16.1 Å². The van der Waals surface area contributed by atoms with Gasteiger partial charge in [-0.2, -0.15) is 12.6 Å². The molecule has 0 unspecified atom stereocenters. The molecular formula is C13H22N2S. The Morgan fingerprint density at radius 3 is 2.62 bits per heavy atom. The van der Waals surface area contributed by atoms with Crippen LogP contribution >= 0.6 is 12.6 Å². The van der Waals surface area contributed by atoms with E-state index in [9.17, 15) is 0 Å². The molecule has 0 aliphatic rings. The molecule has 0 aliphatic carbocycles. The monoisotopic (exact) mass is 238 g/mol. The number of hydrogen-bond acceptors (Lipinski definition) is 3. The SMILES string of the molecule is Cc1cccc(CN(C)CC(C)(C)CS)n1. The molecule has 0 amide bonds. The Morgan fingerprint density at radius 2 is 2.06 bits per heavy atom. The molecule has 0 aliphatic heterocycles. The van der Waals surface area contributed by atoms with Crippen LogP contribution in [0, 0.1) is 12.3 Å². The van der Waals surface area contributed by atoms with Crippen LogP contribution in [0.5, 0.6) is 0 Å². The van der Waals surface area contributed by atoms with Crippen molar-refractivity contribution in [2.75, 3.05) is 19.3 Å². The lowest BCUT2D eigenvalue weighted by Gasteiger charge is -2.28. The summed E-state index contributed by atoms with van der Waals surface area (Å²) in [5.41, 5.74) is 2.47. The average molecular weight is 238 g/mol. The quantitative estimate of drug-likeness (QED) is 0.794. The molecule has 1 heterocycles. The lowest BCUT2D eigenvalue weighted by atomic mass is 9.96. The minimum Gasteiger partial charge on any atom is -0.300 e. The Morgan fingerprint density at radius 1 is 1.38 bits per heavy atom. The largest absolute Gasteiger partial charge is 0.300 e. The van der Waals surface area contributed by atoms with Crippen molar-refractivity contribution in [3.63, 3.8) is 0 Å². The molecule has 16 heavy (non-hydrogen) atoms. The number of nitrogens with zero attached hydrogens (tertiary/aromatic N) is 2. The fourth-order valence-electron chi connectivity index (χ4n) is 1.80. The van der Waals surface area contributed by atoms with Crippen molar-refractivity contribution in [3.8, 4) is 0 Å². The predicted octanol–water partition coefficient (Wildman–Crippen LogP) is 2.78. The van der Waals surface area contributed by atoms with Crippen LogP contribution in [-0.4, -0.2) is 29.2 Å². The van der Waals surface area contributed by atoms with Gasteiger partial charge >= 0.3 is 0 Å². The van der Waals surface area contributed by atoms with Gasteiger partial charge in [-0.15, -0.1) is 0 Å². The molecule has 0 spiro atoms. The molecule has 0 atom stereocenters. The normalized spacial score (nSPS) is 12.1. The van der Waals surface area contributed by atoms with Crippen molar-refractivity contribution in [1.82, 2.24) is 9.88 Å². The van der Waals surface area contributed by atoms with E-state index in [4.69, 9.17) is 0 Å². The zero-order valence-corrected chi connectivity index (χ0v) is 11.6. The number of thiol groups is 1. The van der Waals surface area contributed by atoms with Crippen LogP contribution in [0.15, 0.2) is 18.2 Å². The Balaban J connectivity index is 2.55. The second-order valence-electron chi connectivity index (χ2n) is 5.26. The van der Waals surface area contributed by atoms with Crippen molar-refractivity contribution in [1.29, 1.82) is 0 Å². The summed E-state index contributed by atoms with van der Waals surface area (Å²) < 4.78 is 0. The summed E-state index contributed by atoms with van der Waals surface area (Å²) in [6.45, 7) is 8.44. The first kappa shape index (κ1) is 13.5. The van der Waals surface area contributed by atoms with Gasteiger partial charge in [-0.05, 0) is 37.3 Å². The summed E-state index contributed by atoms with van der Waals surface area (Å²) in [4.78, 5) is 6.81. The van der Waals surface area contributed by atoms with Crippen molar-refractivity contribution in [2.24, 2.45) is 5.41 Å². The van der Waals surface area contributed by atoms with Crippen LogP contribution in [0.25, 0.3) is 0 Å². The minimum atomic E-state index is 0.252. The van der Waals surface area contributed by atoms with Crippen molar-refractivity contribution < 1.29 is 0 Å². The van der Waals surface area contributed by atoms with Gasteiger partial charge in [0.1, 0.15) is 0 Å². The molecule has 0 bridgehead atoms. The first-order valence-corrected chi connectivity index (χ1v) is 6.28. The van der Waals surface area contributed by atoms with Crippen LogP contribution < -0.4 is 0 Å². The molecule has 1 aromatic heterocycles. The lowest BCUT2D eigenvalue weighted by molar-refractivity contribution is 0.223. The molecule has 3 heteroatoms. The number of aryl methyl sites for hydroxylation is 1. The third-order valence-electron chi connectivity index (χ3n) is 2.50. The molecule has 0 aromatic carbocycles. The van der Waals surface area contributed by atoms with Gasteiger partial charge < -0.3 is 0 Å². The van der Waals surface area contributed by atoms with E-state index >= 15 is 0 Å². The third kappa shape index (κ3) is 4.54. The number of pyridine rings is 1. The molecular weight excluding hydrogens is 216 g/mol. The maximum Gasteiger partial charge on any atom is 0.0547 e.